The van der Waals surface area contributed by atoms with Crippen molar-refractivity contribution in [1.82, 2.24) is 20.2 Å². The van der Waals surface area contributed by atoms with Crippen LogP contribution in [0.2, 0.25) is 0 Å². The van der Waals surface area contributed by atoms with E-state index in [9.17, 15) is 14.0 Å². The molecule has 2 aliphatic heterocycles. The Morgan fingerprint density at radius 2 is 1.88 bits per heavy atom. The van der Waals surface area contributed by atoms with E-state index in [-0.39, 0.29) is 12.1 Å². The summed E-state index contributed by atoms with van der Waals surface area (Å²) in [5.41, 5.74) is 7.77. The smallest absolute Gasteiger partial charge is 0.328 e. The fraction of sp³-hybridized carbons (Fsp3) is 0.318. The van der Waals surface area contributed by atoms with Crippen LogP contribution in [0.25, 0.3) is 0 Å². The molecule has 0 spiro atoms. The number of nitrogens with zero attached hydrogens (tertiary/aromatic N) is 4. The molecule has 2 aromatic rings. The number of nitrogens with one attached hydrogen (secondary N) is 1. The van der Waals surface area contributed by atoms with Gasteiger partial charge in [-0.3, -0.25) is 10.6 Å². The van der Waals surface area contributed by atoms with Gasteiger partial charge in [-0.25, -0.2) is 28.9 Å². The van der Waals surface area contributed by atoms with Crippen molar-refractivity contribution in [1.29, 1.82) is 0 Å². The summed E-state index contributed by atoms with van der Waals surface area (Å²) in [6.07, 6.45) is 2.90. The van der Waals surface area contributed by atoms with Crippen molar-refractivity contribution in [2.75, 3.05) is 19.6 Å². The van der Waals surface area contributed by atoms with Crippen LogP contribution >= 0.6 is 0 Å². The molecule has 34 heavy (non-hydrogen) atoms. The van der Waals surface area contributed by atoms with Gasteiger partial charge in [0, 0.05) is 31.8 Å². The number of halogens is 1. The summed E-state index contributed by atoms with van der Waals surface area (Å²) in [5.74, 6) is -1.69. The van der Waals surface area contributed by atoms with Gasteiger partial charge < -0.3 is 20.3 Å². The van der Waals surface area contributed by atoms with Crippen molar-refractivity contribution >= 4 is 23.3 Å². The summed E-state index contributed by atoms with van der Waals surface area (Å²) in [7, 11) is 0. The molecule has 0 amide bonds. The van der Waals surface area contributed by atoms with Crippen LogP contribution in [0.3, 0.4) is 0 Å². The van der Waals surface area contributed by atoms with Crippen LogP contribution in [0.5, 0.6) is 5.75 Å². The van der Waals surface area contributed by atoms with Crippen LogP contribution in [-0.4, -0.2) is 74.6 Å². The van der Waals surface area contributed by atoms with Gasteiger partial charge in [0.1, 0.15) is 17.3 Å². The molecule has 0 saturated carbocycles. The molecule has 0 aliphatic carbocycles. The first-order valence-electron chi connectivity index (χ1n) is 10.4. The number of nitrogens with two attached hydrogens (primary N) is 1. The molecule has 0 radical (unpaired) electrons. The summed E-state index contributed by atoms with van der Waals surface area (Å²) < 4.78 is 19.0. The summed E-state index contributed by atoms with van der Waals surface area (Å²) >= 11 is 0. The molecule has 4 rings (SSSR count). The highest BCUT2D eigenvalue weighted by Gasteiger charge is 2.35. The minimum Gasteiger partial charge on any atom is -0.478 e. The largest absolute Gasteiger partial charge is 0.478 e. The van der Waals surface area contributed by atoms with Gasteiger partial charge >= 0.3 is 11.9 Å². The number of aromatic nitrogens is 2. The van der Waals surface area contributed by atoms with E-state index in [4.69, 9.17) is 25.7 Å². The van der Waals surface area contributed by atoms with Crippen LogP contribution in [0.1, 0.15) is 18.8 Å². The lowest BCUT2D eigenvalue weighted by Crippen LogP contribution is -2.56. The molecule has 3 unspecified atom stereocenters. The Kier molecular flexibility index (Phi) is 8.35. The molecule has 3 heterocycles. The Morgan fingerprint density at radius 1 is 1.24 bits per heavy atom. The molecule has 1 aromatic carbocycles. The van der Waals surface area contributed by atoms with E-state index < -0.39 is 24.0 Å². The third-order valence-corrected chi connectivity index (χ3v) is 5.18. The predicted molar refractivity (Wildman–Crippen MR) is 120 cm³/mol. The number of ether oxygens (including phenoxy) is 1. The Hall–Kier alpha value is -3.74. The van der Waals surface area contributed by atoms with Crippen molar-refractivity contribution in [2.45, 2.75) is 25.2 Å². The molecular formula is C22H25FN6O5. The maximum absolute atomic E-state index is 13.2. The van der Waals surface area contributed by atoms with E-state index in [1.165, 1.54) is 12.4 Å². The standard InChI is InChI=1S/C18H21FN6O.C4H4O4/c1-11(16-17(20)26-15-5-3-2-4-13(15)24-16)25-7-6-21-10-14(25)18-22-8-12(19)9-23-18;5-3(6)1-2-4(7)8/h2-5,8-9,11,14,17,21H,6-7,10,20H2,1H3;1-2H,(H,5,6)(H,7,8). The third-order valence-electron chi connectivity index (χ3n) is 5.18. The molecule has 11 nitrogen and oxygen atoms in total. The average Bonchev–Trinajstić information content (AvgIpc) is 2.83. The molecule has 180 valence electrons. The highest BCUT2D eigenvalue weighted by molar-refractivity contribution is 5.96. The number of carbonyl (C=O) groups is 2. The summed E-state index contributed by atoms with van der Waals surface area (Å²) in [6, 6.07) is 7.43. The van der Waals surface area contributed by atoms with Gasteiger partial charge in [-0.1, -0.05) is 12.1 Å². The highest BCUT2D eigenvalue weighted by Crippen LogP contribution is 2.33. The number of carboxylic acids is 2. The first-order chi connectivity index (χ1) is 16.3. The van der Waals surface area contributed by atoms with Gasteiger partial charge in [-0.2, -0.15) is 0 Å². The van der Waals surface area contributed by atoms with Crippen molar-refractivity contribution in [3.05, 3.63) is 60.5 Å². The van der Waals surface area contributed by atoms with E-state index in [0.29, 0.717) is 30.3 Å². The molecule has 12 heteroatoms. The van der Waals surface area contributed by atoms with Crippen molar-refractivity contribution in [2.24, 2.45) is 10.7 Å². The van der Waals surface area contributed by atoms with Crippen LogP contribution in [0.4, 0.5) is 10.1 Å². The minimum atomic E-state index is -1.26. The van der Waals surface area contributed by atoms with E-state index in [0.717, 1.165) is 24.5 Å². The minimum absolute atomic E-state index is 0.0703. The zero-order valence-electron chi connectivity index (χ0n) is 18.3. The quantitative estimate of drug-likeness (QED) is 0.464. The second kappa shape index (κ2) is 11.4. The van der Waals surface area contributed by atoms with Gasteiger partial charge in [-0.05, 0) is 19.1 Å². The second-order valence-corrected chi connectivity index (χ2v) is 7.45. The lowest BCUT2D eigenvalue weighted by molar-refractivity contribution is -0.134. The SMILES string of the molecule is CC(C1=Nc2ccccc2OC1N)N1CCNCC1c1ncc(F)cn1.O=C(O)C=CC(=O)O. The van der Waals surface area contributed by atoms with Crippen molar-refractivity contribution in [3.63, 3.8) is 0 Å². The Labute approximate surface area is 194 Å². The van der Waals surface area contributed by atoms with Crippen molar-refractivity contribution in [3.8, 4) is 5.75 Å². The van der Waals surface area contributed by atoms with Crippen molar-refractivity contribution < 1.29 is 28.9 Å². The molecule has 1 aromatic heterocycles. The molecule has 5 N–H and O–H groups in total. The van der Waals surface area contributed by atoms with Gasteiger partial charge in [0.15, 0.2) is 12.0 Å². The Morgan fingerprint density at radius 3 is 2.53 bits per heavy atom. The number of piperazine rings is 1. The Bertz CT molecular complexity index is 1060. The fourth-order valence-electron chi connectivity index (χ4n) is 3.61. The zero-order chi connectivity index (χ0) is 24.7. The number of aliphatic imine (C=N–C) groups is 1. The van der Waals surface area contributed by atoms with E-state index in [2.05, 4.69) is 27.1 Å². The number of hydrogen-bond acceptors (Lipinski definition) is 9. The fourth-order valence-corrected chi connectivity index (χ4v) is 3.61. The lowest BCUT2D eigenvalue weighted by atomic mass is 10.0. The van der Waals surface area contributed by atoms with E-state index >= 15 is 0 Å². The van der Waals surface area contributed by atoms with Gasteiger partial charge in [-0.15, -0.1) is 0 Å². The Balaban J connectivity index is 0.000000350. The van der Waals surface area contributed by atoms with Gasteiger partial charge in [0.2, 0.25) is 0 Å². The van der Waals surface area contributed by atoms with Crippen LogP contribution in [-0.2, 0) is 9.59 Å². The predicted octanol–water partition coefficient (Wildman–Crippen LogP) is 1.11. The number of carboxylic acid groups (broad SMARTS) is 2. The number of benzene rings is 1. The molecule has 2 aliphatic rings. The zero-order valence-corrected chi connectivity index (χ0v) is 18.3. The average molecular weight is 472 g/mol. The number of hydrogen-bond donors (Lipinski definition) is 4. The summed E-state index contributed by atoms with van der Waals surface area (Å²) in [4.78, 5) is 34.4. The number of para-hydroxylation sites is 2. The number of rotatable bonds is 5. The molecule has 3 atom stereocenters. The number of fused-ring (bicyclic) bond motifs is 1. The summed E-state index contributed by atoms with van der Waals surface area (Å²) in [6.45, 7) is 4.34. The van der Waals surface area contributed by atoms with Gasteiger partial charge in [0.25, 0.3) is 0 Å². The normalized spacial score (nSPS) is 20.9. The van der Waals surface area contributed by atoms with Crippen LogP contribution in [0.15, 0.2) is 53.8 Å². The maximum atomic E-state index is 13.2. The molecule has 1 saturated heterocycles. The summed E-state index contributed by atoms with van der Waals surface area (Å²) in [5, 5.41) is 19.0. The van der Waals surface area contributed by atoms with E-state index in [1.807, 2.05) is 24.3 Å². The first kappa shape index (κ1) is 24.9. The van der Waals surface area contributed by atoms with E-state index in [1.54, 1.807) is 0 Å². The second-order valence-electron chi connectivity index (χ2n) is 7.45. The molecular weight excluding hydrogens is 447 g/mol. The van der Waals surface area contributed by atoms with Crippen LogP contribution < -0.4 is 15.8 Å². The topological polar surface area (TPSA) is 163 Å². The van der Waals surface area contributed by atoms with Crippen LogP contribution in [0, 0.1) is 5.82 Å². The van der Waals surface area contributed by atoms with Gasteiger partial charge in [0.05, 0.1) is 30.2 Å². The maximum Gasteiger partial charge on any atom is 0.328 e. The molecule has 0 bridgehead atoms. The third kappa shape index (κ3) is 6.41. The number of aliphatic carboxylic acids is 2. The molecule has 1 fully saturated rings. The highest BCUT2D eigenvalue weighted by atomic mass is 19.1. The first-order valence-corrected chi connectivity index (χ1v) is 10.4. The lowest BCUT2D eigenvalue weighted by Gasteiger charge is -2.41. The monoisotopic (exact) mass is 472 g/mol.